The lowest BCUT2D eigenvalue weighted by atomic mass is 10.2. The van der Waals surface area contributed by atoms with E-state index in [0.29, 0.717) is 17.3 Å². The van der Waals surface area contributed by atoms with Crippen molar-refractivity contribution in [1.82, 2.24) is 19.2 Å². The van der Waals surface area contributed by atoms with E-state index in [2.05, 4.69) is 23.8 Å². The Kier molecular flexibility index (Phi) is 5.58. The van der Waals surface area contributed by atoms with E-state index in [0.717, 1.165) is 24.7 Å². The summed E-state index contributed by atoms with van der Waals surface area (Å²) in [4.78, 5) is 2.16. The van der Waals surface area contributed by atoms with Gasteiger partial charge < -0.3 is 0 Å². The number of benzene rings is 2. The summed E-state index contributed by atoms with van der Waals surface area (Å²) in [5, 5.41) is 4.63. The van der Waals surface area contributed by atoms with Gasteiger partial charge in [0.2, 0.25) is 4.77 Å². The molecule has 3 rings (SSSR count). The molecule has 0 aliphatic carbocycles. The van der Waals surface area contributed by atoms with Gasteiger partial charge in [0.15, 0.2) is 5.82 Å². The van der Waals surface area contributed by atoms with Crippen LogP contribution in [0.4, 0.5) is 8.78 Å². The van der Waals surface area contributed by atoms with Crippen LogP contribution in [0.2, 0.25) is 0 Å². The predicted octanol–water partition coefficient (Wildman–Crippen LogP) is 4.65. The highest BCUT2D eigenvalue weighted by Gasteiger charge is 2.18. The molecule has 3 aromatic rings. The first-order chi connectivity index (χ1) is 12.5. The second kappa shape index (κ2) is 7.88. The van der Waals surface area contributed by atoms with Gasteiger partial charge in [-0.2, -0.15) is 0 Å². The number of hydrogen-bond acceptors (Lipinski definition) is 3. The summed E-state index contributed by atoms with van der Waals surface area (Å²) in [5.74, 6) is -0.788. The van der Waals surface area contributed by atoms with Gasteiger partial charge in [-0.1, -0.05) is 44.2 Å². The van der Waals surface area contributed by atoms with E-state index < -0.39 is 11.6 Å². The maximum absolute atomic E-state index is 14.5. The van der Waals surface area contributed by atoms with E-state index in [-0.39, 0.29) is 5.69 Å². The molecule has 1 heterocycles. The number of hydrogen-bond donors (Lipinski definition) is 0. The van der Waals surface area contributed by atoms with Gasteiger partial charge in [-0.25, -0.2) is 13.5 Å². The Bertz CT molecular complexity index is 946. The fourth-order valence-corrected chi connectivity index (χ4v) is 3.05. The topological polar surface area (TPSA) is 26.0 Å². The fraction of sp³-hybridized carbons (Fsp3) is 0.263. The minimum absolute atomic E-state index is 0.182. The smallest absolute Gasteiger partial charge is 0.204 e. The molecular weight excluding hydrogens is 354 g/mol. The highest BCUT2D eigenvalue weighted by atomic mass is 32.1. The van der Waals surface area contributed by atoms with E-state index >= 15 is 0 Å². The van der Waals surface area contributed by atoms with Gasteiger partial charge in [-0.15, -0.1) is 5.10 Å². The first-order valence-corrected chi connectivity index (χ1v) is 8.89. The molecule has 0 spiro atoms. The largest absolute Gasteiger partial charge is 0.285 e. The first-order valence-electron chi connectivity index (χ1n) is 8.48. The summed E-state index contributed by atoms with van der Waals surface area (Å²) in [6.07, 6.45) is 0. The van der Waals surface area contributed by atoms with Gasteiger partial charge in [0.25, 0.3) is 0 Å². The lowest BCUT2D eigenvalue weighted by molar-refractivity contribution is 0.227. The third-order valence-electron chi connectivity index (χ3n) is 4.25. The Hall–Kier alpha value is -2.38. The third kappa shape index (κ3) is 3.59. The second-order valence-electron chi connectivity index (χ2n) is 5.85. The molecule has 2 aromatic carbocycles. The van der Waals surface area contributed by atoms with Gasteiger partial charge in [0.05, 0.1) is 12.4 Å². The summed E-state index contributed by atoms with van der Waals surface area (Å²) >= 11 is 5.58. The van der Waals surface area contributed by atoms with Gasteiger partial charge in [-0.05, 0) is 37.4 Å². The Balaban J connectivity index is 2.20. The summed E-state index contributed by atoms with van der Waals surface area (Å²) in [7, 11) is 0. The normalized spacial score (nSPS) is 11.3. The van der Waals surface area contributed by atoms with Crippen molar-refractivity contribution in [3.8, 4) is 17.1 Å². The van der Waals surface area contributed by atoms with Crippen LogP contribution in [-0.2, 0) is 6.67 Å². The number of rotatable bonds is 6. The molecule has 4 nitrogen and oxygen atoms in total. The molecule has 0 aliphatic heterocycles. The highest BCUT2D eigenvalue weighted by molar-refractivity contribution is 7.71. The second-order valence-corrected chi connectivity index (χ2v) is 6.21. The summed E-state index contributed by atoms with van der Waals surface area (Å²) in [6.45, 7) is 6.30. The molecule has 0 bridgehead atoms. The highest BCUT2D eigenvalue weighted by Crippen LogP contribution is 2.24. The van der Waals surface area contributed by atoms with Crippen LogP contribution in [-0.4, -0.2) is 32.3 Å². The molecule has 0 saturated heterocycles. The quantitative estimate of drug-likeness (QED) is 0.588. The summed E-state index contributed by atoms with van der Waals surface area (Å²) in [6, 6.07) is 12.9. The van der Waals surface area contributed by atoms with E-state index in [1.54, 1.807) is 9.25 Å². The van der Waals surface area contributed by atoms with Crippen molar-refractivity contribution in [1.29, 1.82) is 0 Å². The average Bonchev–Trinajstić information content (AvgIpc) is 2.97. The standard InChI is InChI=1S/C19H20F2N4S/c1-3-23(4-2)13-24-19(26)25(17-11-10-15(20)12-16(17)21)18(22-24)14-8-6-5-7-9-14/h5-12H,3-4,13H2,1-2H3. The van der Waals surface area contributed by atoms with Crippen molar-refractivity contribution in [2.45, 2.75) is 20.5 Å². The maximum atomic E-state index is 14.5. The van der Waals surface area contributed by atoms with Crippen LogP contribution in [0, 0.1) is 16.4 Å². The van der Waals surface area contributed by atoms with Crippen molar-refractivity contribution < 1.29 is 8.78 Å². The number of halogens is 2. The lowest BCUT2D eigenvalue weighted by Gasteiger charge is -2.17. The van der Waals surface area contributed by atoms with E-state index in [1.807, 2.05) is 30.3 Å². The monoisotopic (exact) mass is 374 g/mol. The lowest BCUT2D eigenvalue weighted by Crippen LogP contribution is -2.26. The summed E-state index contributed by atoms with van der Waals surface area (Å²) in [5.41, 5.74) is 0.988. The molecule has 0 atom stereocenters. The zero-order valence-corrected chi connectivity index (χ0v) is 15.5. The molecule has 0 unspecified atom stereocenters. The van der Waals surface area contributed by atoms with Crippen molar-refractivity contribution >= 4 is 12.2 Å². The van der Waals surface area contributed by atoms with E-state index in [9.17, 15) is 8.78 Å². The molecule has 1 aromatic heterocycles. The Labute approximate surface area is 156 Å². The Morgan fingerprint density at radius 3 is 2.35 bits per heavy atom. The van der Waals surface area contributed by atoms with Crippen molar-refractivity contribution in [2.75, 3.05) is 13.1 Å². The van der Waals surface area contributed by atoms with Crippen LogP contribution in [0.3, 0.4) is 0 Å². The predicted molar refractivity (Wildman–Crippen MR) is 101 cm³/mol. The van der Waals surface area contributed by atoms with Crippen LogP contribution in [0.15, 0.2) is 48.5 Å². The molecule has 0 amide bonds. The molecule has 0 fully saturated rings. The minimum atomic E-state index is -0.680. The molecule has 26 heavy (non-hydrogen) atoms. The molecule has 136 valence electrons. The van der Waals surface area contributed by atoms with Crippen LogP contribution in [0.5, 0.6) is 0 Å². The third-order valence-corrected chi connectivity index (χ3v) is 4.64. The molecular formula is C19H20F2N4S. The van der Waals surface area contributed by atoms with Gasteiger partial charge >= 0.3 is 0 Å². The fourth-order valence-electron chi connectivity index (χ4n) is 2.77. The molecule has 0 aliphatic rings. The SMILES string of the molecule is CCN(CC)Cn1nc(-c2ccccc2)n(-c2ccc(F)cc2F)c1=S. The molecule has 0 radical (unpaired) electrons. The average molecular weight is 374 g/mol. The van der Waals surface area contributed by atoms with Gasteiger partial charge in [-0.3, -0.25) is 9.47 Å². The van der Waals surface area contributed by atoms with Gasteiger partial charge in [0.1, 0.15) is 11.6 Å². The zero-order valence-electron chi connectivity index (χ0n) is 14.7. The molecule has 0 N–H and O–H groups in total. The van der Waals surface area contributed by atoms with Crippen LogP contribution < -0.4 is 0 Å². The van der Waals surface area contributed by atoms with Crippen molar-refractivity contribution in [2.24, 2.45) is 0 Å². The zero-order chi connectivity index (χ0) is 18.7. The van der Waals surface area contributed by atoms with Crippen LogP contribution in [0.25, 0.3) is 17.1 Å². The number of aromatic nitrogens is 3. The molecule has 0 saturated carbocycles. The van der Waals surface area contributed by atoms with E-state index in [4.69, 9.17) is 12.2 Å². The van der Waals surface area contributed by atoms with Crippen LogP contribution in [0.1, 0.15) is 13.8 Å². The maximum Gasteiger partial charge on any atom is 0.204 e. The minimum Gasteiger partial charge on any atom is -0.285 e. The first kappa shape index (κ1) is 18.4. The Morgan fingerprint density at radius 1 is 1.04 bits per heavy atom. The van der Waals surface area contributed by atoms with Crippen molar-refractivity contribution in [3.63, 3.8) is 0 Å². The molecule has 7 heteroatoms. The summed E-state index contributed by atoms with van der Waals surface area (Å²) < 4.78 is 31.4. The van der Waals surface area contributed by atoms with Crippen molar-refractivity contribution in [3.05, 3.63) is 64.9 Å². The number of nitrogens with zero attached hydrogens (tertiary/aromatic N) is 4. The van der Waals surface area contributed by atoms with Gasteiger partial charge in [0, 0.05) is 11.6 Å². The van der Waals surface area contributed by atoms with E-state index in [1.165, 1.54) is 12.1 Å². The Morgan fingerprint density at radius 2 is 1.73 bits per heavy atom. The van der Waals surface area contributed by atoms with Crippen LogP contribution >= 0.6 is 12.2 Å².